The number of halogens is 1. The van der Waals surface area contributed by atoms with Crippen molar-refractivity contribution in [1.29, 1.82) is 0 Å². The van der Waals surface area contributed by atoms with Crippen molar-refractivity contribution in [2.75, 3.05) is 24.0 Å². The Bertz CT molecular complexity index is 897. The number of ether oxygens (including phenoxy) is 1. The van der Waals surface area contributed by atoms with Crippen molar-refractivity contribution < 1.29 is 17.9 Å². The van der Waals surface area contributed by atoms with Gasteiger partial charge in [0.05, 0.1) is 16.7 Å². The first-order valence-electron chi connectivity index (χ1n) is 9.43. The van der Waals surface area contributed by atoms with Gasteiger partial charge in [-0.25, -0.2) is 8.42 Å². The summed E-state index contributed by atoms with van der Waals surface area (Å²) in [6, 6.07) is 12.9. The Labute approximate surface area is 177 Å². The highest BCUT2D eigenvalue weighted by Crippen LogP contribution is 2.25. The topological polar surface area (TPSA) is 75.7 Å². The minimum atomic E-state index is -3.94. The van der Waals surface area contributed by atoms with Gasteiger partial charge in [-0.2, -0.15) is 0 Å². The third-order valence-electron chi connectivity index (χ3n) is 4.11. The normalized spacial score (nSPS) is 11.5. The van der Waals surface area contributed by atoms with E-state index in [2.05, 4.69) is 5.32 Å². The van der Waals surface area contributed by atoms with Crippen LogP contribution in [0.4, 0.5) is 5.69 Å². The Balaban J connectivity index is 2.16. The summed E-state index contributed by atoms with van der Waals surface area (Å²) in [7, 11) is -3.94. The van der Waals surface area contributed by atoms with E-state index in [9.17, 15) is 13.2 Å². The summed E-state index contributed by atoms with van der Waals surface area (Å²) in [6.07, 6.45) is 0.783. The van der Waals surface area contributed by atoms with Crippen LogP contribution in [0.2, 0.25) is 5.02 Å². The maximum Gasteiger partial charge on any atom is 0.264 e. The second-order valence-corrected chi connectivity index (χ2v) is 9.22. The zero-order valence-electron chi connectivity index (χ0n) is 16.9. The van der Waals surface area contributed by atoms with Gasteiger partial charge in [-0.3, -0.25) is 9.10 Å². The Kier molecular flexibility index (Phi) is 8.49. The first-order valence-corrected chi connectivity index (χ1v) is 11.2. The van der Waals surface area contributed by atoms with E-state index in [1.165, 1.54) is 24.3 Å². The minimum absolute atomic E-state index is 0.0700. The lowest BCUT2D eigenvalue weighted by molar-refractivity contribution is -0.119. The van der Waals surface area contributed by atoms with E-state index in [1.807, 2.05) is 20.8 Å². The van der Waals surface area contributed by atoms with Crippen LogP contribution in [-0.2, 0) is 19.6 Å². The molecule has 29 heavy (non-hydrogen) atoms. The highest BCUT2D eigenvalue weighted by molar-refractivity contribution is 7.92. The molecule has 8 heteroatoms. The van der Waals surface area contributed by atoms with Crippen LogP contribution >= 0.6 is 11.6 Å². The fourth-order valence-electron chi connectivity index (χ4n) is 2.57. The van der Waals surface area contributed by atoms with Crippen molar-refractivity contribution in [3.63, 3.8) is 0 Å². The fraction of sp³-hybridized carbons (Fsp3) is 0.381. The average molecular weight is 439 g/mol. The molecule has 0 radical (unpaired) electrons. The molecule has 0 atom stereocenters. The van der Waals surface area contributed by atoms with Crippen LogP contribution in [0.5, 0.6) is 0 Å². The number of nitrogens with one attached hydrogen (secondary N) is 1. The number of nitrogens with zero attached hydrogens (tertiary/aromatic N) is 1. The summed E-state index contributed by atoms with van der Waals surface area (Å²) in [5.41, 5.74) is 1.41. The lowest BCUT2D eigenvalue weighted by atomic mass is 10.2. The molecule has 0 unspecified atom stereocenters. The molecule has 1 N–H and O–H groups in total. The molecular formula is C21H27ClN2O4S. The third-order valence-corrected chi connectivity index (χ3v) is 6.15. The van der Waals surface area contributed by atoms with Crippen LogP contribution in [0.3, 0.4) is 0 Å². The summed E-state index contributed by atoms with van der Waals surface area (Å²) >= 11 is 5.88. The molecule has 0 fully saturated rings. The Morgan fingerprint density at radius 2 is 1.72 bits per heavy atom. The molecule has 2 rings (SSSR count). The molecular weight excluding hydrogens is 412 g/mol. The van der Waals surface area contributed by atoms with Crippen molar-refractivity contribution in [3.05, 3.63) is 59.1 Å². The van der Waals surface area contributed by atoms with Crippen molar-refractivity contribution >= 4 is 33.2 Å². The average Bonchev–Trinajstić information content (AvgIpc) is 2.66. The van der Waals surface area contributed by atoms with E-state index < -0.39 is 10.0 Å². The Hall–Kier alpha value is -2.09. The van der Waals surface area contributed by atoms with Gasteiger partial charge >= 0.3 is 0 Å². The lowest BCUT2D eigenvalue weighted by Crippen LogP contribution is -2.41. The van der Waals surface area contributed by atoms with Gasteiger partial charge in [-0.05, 0) is 63.6 Å². The number of rotatable bonds is 10. The Morgan fingerprint density at radius 3 is 2.31 bits per heavy atom. The van der Waals surface area contributed by atoms with E-state index in [1.54, 1.807) is 24.3 Å². The van der Waals surface area contributed by atoms with Gasteiger partial charge in [0.1, 0.15) is 6.54 Å². The fourth-order valence-corrected chi connectivity index (χ4v) is 4.11. The smallest absolute Gasteiger partial charge is 0.264 e. The molecule has 158 valence electrons. The second-order valence-electron chi connectivity index (χ2n) is 6.92. The van der Waals surface area contributed by atoms with Crippen molar-refractivity contribution in [2.24, 2.45) is 0 Å². The molecule has 0 saturated carbocycles. The van der Waals surface area contributed by atoms with Crippen molar-refractivity contribution in [2.45, 2.75) is 38.2 Å². The maximum absolute atomic E-state index is 13.2. The second kappa shape index (κ2) is 10.6. The number of carbonyl (C=O) groups is 1. The number of carbonyl (C=O) groups excluding carboxylic acids is 1. The molecule has 0 aliphatic heterocycles. The van der Waals surface area contributed by atoms with E-state index >= 15 is 0 Å². The minimum Gasteiger partial charge on any atom is -0.379 e. The van der Waals surface area contributed by atoms with E-state index in [0.717, 1.165) is 9.87 Å². The van der Waals surface area contributed by atoms with Gasteiger partial charge in [-0.15, -0.1) is 0 Å². The summed E-state index contributed by atoms with van der Waals surface area (Å²) in [5.74, 6) is -0.382. The molecule has 0 aliphatic carbocycles. The van der Waals surface area contributed by atoms with Gasteiger partial charge in [-0.1, -0.05) is 29.3 Å². The van der Waals surface area contributed by atoms with Crippen LogP contribution in [-0.4, -0.2) is 40.1 Å². The quantitative estimate of drug-likeness (QED) is 0.573. The predicted octanol–water partition coefficient (Wildman–Crippen LogP) is 3.78. The van der Waals surface area contributed by atoms with Gasteiger partial charge in [0.2, 0.25) is 5.91 Å². The number of benzene rings is 2. The zero-order valence-corrected chi connectivity index (χ0v) is 18.5. The maximum atomic E-state index is 13.2. The third kappa shape index (κ3) is 7.03. The number of hydrogen-bond acceptors (Lipinski definition) is 4. The van der Waals surface area contributed by atoms with Gasteiger partial charge in [0.25, 0.3) is 10.0 Å². The molecule has 6 nitrogen and oxygen atoms in total. The first kappa shape index (κ1) is 23.2. The number of sulfonamides is 1. The van der Waals surface area contributed by atoms with Crippen molar-refractivity contribution in [3.8, 4) is 0 Å². The molecule has 0 aromatic heterocycles. The Morgan fingerprint density at radius 1 is 1.10 bits per heavy atom. The standard InChI is InChI=1S/C21H27ClN2O4S/c1-16(2)28-14-4-13-23-21(25)15-24(19-9-5-17(3)6-10-19)29(26,27)20-11-7-18(22)8-12-20/h5-12,16H,4,13-15H2,1-3H3,(H,23,25). The summed E-state index contributed by atoms with van der Waals surface area (Å²) in [5, 5.41) is 3.19. The zero-order chi connectivity index (χ0) is 21.4. The summed E-state index contributed by atoms with van der Waals surface area (Å²) < 4.78 is 32.9. The van der Waals surface area contributed by atoms with Gasteiger partial charge < -0.3 is 10.1 Å². The number of anilines is 1. The van der Waals surface area contributed by atoms with E-state index in [4.69, 9.17) is 16.3 Å². The molecule has 0 bridgehead atoms. The van der Waals surface area contributed by atoms with E-state index in [-0.39, 0.29) is 23.5 Å². The predicted molar refractivity (Wildman–Crippen MR) is 116 cm³/mol. The molecule has 0 aliphatic rings. The van der Waals surface area contributed by atoms with Crippen LogP contribution in [0.15, 0.2) is 53.4 Å². The van der Waals surface area contributed by atoms with Crippen LogP contribution in [0.1, 0.15) is 25.8 Å². The molecule has 0 heterocycles. The van der Waals surface area contributed by atoms with Crippen LogP contribution < -0.4 is 9.62 Å². The summed E-state index contributed by atoms with van der Waals surface area (Å²) in [4.78, 5) is 12.5. The molecule has 2 aromatic rings. The molecule has 0 saturated heterocycles. The van der Waals surface area contributed by atoms with Crippen molar-refractivity contribution in [1.82, 2.24) is 5.32 Å². The number of amides is 1. The largest absolute Gasteiger partial charge is 0.379 e. The lowest BCUT2D eigenvalue weighted by Gasteiger charge is -2.24. The summed E-state index contributed by atoms with van der Waals surface area (Å²) in [6.45, 7) is 6.42. The van der Waals surface area contributed by atoms with Crippen LogP contribution in [0.25, 0.3) is 0 Å². The van der Waals surface area contributed by atoms with E-state index in [0.29, 0.717) is 30.3 Å². The molecule has 2 aromatic carbocycles. The monoisotopic (exact) mass is 438 g/mol. The number of hydrogen-bond donors (Lipinski definition) is 1. The number of aryl methyl sites for hydroxylation is 1. The first-order chi connectivity index (χ1) is 13.7. The van der Waals surface area contributed by atoms with Gasteiger partial charge in [0.15, 0.2) is 0 Å². The SMILES string of the molecule is Cc1ccc(N(CC(=O)NCCCOC(C)C)S(=O)(=O)c2ccc(Cl)cc2)cc1. The highest BCUT2D eigenvalue weighted by Gasteiger charge is 2.27. The molecule has 0 spiro atoms. The molecule has 1 amide bonds. The van der Waals surface area contributed by atoms with Crippen LogP contribution in [0, 0.1) is 6.92 Å². The highest BCUT2D eigenvalue weighted by atomic mass is 35.5. The van der Waals surface area contributed by atoms with Gasteiger partial charge in [0, 0.05) is 18.2 Å².